The molecule has 1 aliphatic heterocycles. The first kappa shape index (κ1) is 15.0. The summed E-state index contributed by atoms with van der Waals surface area (Å²) in [6, 6.07) is 0.462. The second kappa shape index (κ2) is 6.35. The Morgan fingerprint density at radius 1 is 1.40 bits per heavy atom. The lowest BCUT2D eigenvalue weighted by Gasteiger charge is -2.41. The summed E-state index contributed by atoms with van der Waals surface area (Å²) in [6.07, 6.45) is 2.92. The molecule has 1 atom stereocenters. The average Bonchev–Trinajstić information content (AvgIpc) is 2.82. The first-order chi connectivity index (χ1) is 9.47. The second-order valence-electron chi connectivity index (χ2n) is 5.96. The largest absolute Gasteiger partial charge is 0.340 e. The third-order valence-electron chi connectivity index (χ3n) is 4.06. The fraction of sp³-hybridized carbons (Fsp3) is 0.786. The van der Waals surface area contributed by atoms with Gasteiger partial charge in [0.15, 0.2) is 0 Å². The highest BCUT2D eigenvalue weighted by atomic mass is 16.2. The molecule has 1 amide bonds. The molecule has 6 heteroatoms. The molecular weight excluding hydrogens is 254 g/mol. The fourth-order valence-electron chi connectivity index (χ4n) is 2.74. The molecule has 0 bridgehead atoms. The van der Waals surface area contributed by atoms with Gasteiger partial charge in [0.05, 0.1) is 11.9 Å². The smallest absolute Gasteiger partial charge is 0.223 e. The standard InChI is InChI=1S/C14H25N5O/c1-11(2)13-10-19(8-7-17(13)3)14(20)6-5-12-9-15-18(4)16-12/h9,11,13H,5-8,10H2,1-4H3/t13-/m1/s1. The van der Waals surface area contributed by atoms with Crippen LogP contribution in [0.15, 0.2) is 6.20 Å². The Kier molecular flexibility index (Phi) is 4.75. The number of piperazine rings is 1. The normalized spacial score (nSPS) is 20.6. The Morgan fingerprint density at radius 3 is 2.75 bits per heavy atom. The predicted octanol–water partition coefficient (Wildman–Crippen LogP) is 0.546. The minimum Gasteiger partial charge on any atom is -0.340 e. The highest BCUT2D eigenvalue weighted by Gasteiger charge is 2.28. The zero-order valence-electron chi connectivity index (χ0n) is 12.9. The summed E-state index contributed by atoms with van der Waals surface area (Å²) in [5.74, 6) is 0.796. The van der Waals surface area contributed by atoms with Crippen LogP contribution in [-0.2, 0) is 18.3 Å². The number of carbonyl (C=O) groups excluding carboxylic acids is 1. The molecule has 1 aromatic rings. The zero-order valence-corrected chi connectivity index (χ0v) is 12.9. The molecule has 2 rings (SSSR count). The van der Waals surface area contributed by atoms with Gasteiger partial charge in [-0.1, -0.05) is 13.8 Å². The van der Waals surface area contributed by atoms with E-state index in [0.29, 0.717) is 24.8 Å². The van der Waals surface area contributed by atoms with Gasteiger partial charge in [0.2, 0.25) is 5.91 Å². The summed E-state index contributed by atoms with van der Waals surface area (Å²) in [5, 5.41) is 8.24. The first-order valence-corrected chi connectivity index (χ1v) is 7.30. The second-order valence-corrected chi connectivity index (χ2v) is 5.96. The van der Waals surface area contributed by atoms with E-state index in [9.17, 15) is 4.79 Å². The van der Waals surface area contributed by atoms with E-state index in [1.165, 1.54) is 4.80 Å². The molecule has 112 valence electrons. The number of hydrogen-bond acceptors (Lipinski definition) is 4. The van der Waals surface area contributed by atoms with Gasteiger partial charge in [-0.3, -0.25) is 9.69 Å². The Labute approximate surface area is 120 Å². The molecule has 1 saturated heterocycles. The van der Waals surface area contributed by atoms with Gasteiger partial charge in [-0.15, -0.1) is 0 Å². The monoisotopic (exact) mass is 279 g/mol. The van der Waals surface area contributed by atoms with Gasteiger partial charge in [0, 0.05) is 45.6 Å². The van der Waals surface area contributed by atoms with Gasteiger partial charge in [-0.2, -0.15) is 15.0 Å². The van der Waals surface area contributed by atoms with Crippen molar-refractivity contribution in [3.8, 4) is 0 Å². The Balaban J connectivity index is 1.86. The summed E-state index contributed by atoms with van der Waals surface area (Å²) in [5.41, 5.74) is 0.885. The molecule has 1 fully saturated rings. The quantitative estimate of drug-likeness (QED) is 0.807. The number of hydrogen-bond donors (Lipinski definition) is 0. The molecule has 0 N–H and O–H groups in total. The van der Waals surface area contributed by atoms with Crippen LogP contribution in [0.25, 0.3) is 0 Å². The summed E-state index contributed by atoms with van der Waals surface area (Å²) in [4.78, 5) is 18.2. The van der Waals surface area contributed by atoms with Crippen molar-refractivity contribution in [1.82, 2.24) is 24.8 Å². The molecule has 0 saturated carbocycles. The lowest BCUT2D eigenvalue weighted by atomic mass is 10.00. The number of nitrogens with zero attached hydrogens (tertiary/aromatic N) is 5. The van der Waals surface area contributed by atoms with Crippen molar-refractivity contribution >= 4 is 5.91 Å². The van der Waals surface area contributed by atoms with E-state index in [-0.39, 0.29) is 5.91 Å². The van der Waals surface area contributed by atoms with Crippen LogP contribution in [0.2, 0.25) is 0 Å². The van der Waals surface area contributed by atoms with Crippen LogP contribution in [0.4, 0.5) is 0 Å². The van der Waals surface area contributed by atoms with E-state index in [1.807, 2.05) is 4.90 Å². The lowest BCUT2D eigenvalue weighted by molar-refractivity contribution is -0.134. The van der Waals surface area contributed by atoms with E-state index >= 15 is 0 Å². The molecule has 0 unspecified atom stereocenters. The predicted molar refractivity (Wildman–Crippen MR) is 77.2 cm³/mol. The van der Waals surface area contributed by atoms with Gasteiger partial charge in [-0.25, -0.2) is 0 Å². The van der Waals surface area contributed by atoms with Gasteiger partial charge < -0.3 is 4.90 Å². The van der Waals surface area contributed by atoms with Crippen LogP contribution >= 0.6 is 0 Å². The molecular formula is C14H25N5O. The van der Waals surface area contributed by atoms with Crippen molar-refractivity contribution in [3.05, 3.63) is 11.9 Å². The minimum atomic E-state index is 0.231. The van der Waals surface area contributed by atoms with E-state index in [4.69, 9.17) is 0 Å². The van der Waals surface area contributed by atoms with Gasteiger partial charge in [0.1, 0.15) is 0 Å². The van der Waals surface area contributed by atoms with Crippen LogP contribution in [0.3, 0.4) is 0 Å². The maximum atomic E-state index is 12.3. The van der Waals surface area contributed by atoms with Crippen LogP contribution in [0, 0.1) is 5.92 Å². The minimum absolute atomic E-state index is 0.231. The van der Waals surface area contributed by atoms with Crippen molar-refractivity contribution in [2.75, 3.05) is 26.7 Å². The van der Waals surface area contributed by atoms with Crippen LogP contribution in [0.1, 0.15) is 26.0 Å². The molecule has 1 aromatic heterocycles. The average molecular weight is 279 g/mol. The molecule has 0 aliphatic carbocycles. The number of rotatable bonds is 4. The Hall–Kier alpha value is -1.43. The van der Waals surface area contributed by atoms with Gasteiger partial charge >= 0.3 is 0 Å². The third kappa shape index (κ3) is 3.56. The van der Waals surface area contributed by atoms with Crippen LogP contribution in [-0.4, -0.2) is 63.4 Å². The van der Waals surface area contributed by atoms with Crippen molar-refractivity contribution in [2.24, 2.45) is 13.0 Å². The highest BCUT2D eigenvalue weighted by Crippen LogP contribution is 2.16. The van der Waals surface area contributed by atoms with Crippen molar-refractivity contribution in [3.63, 3.8) is 0 Å². The maximum absolute atomic E-state index is 12.3. The summed E-state index contributed by atoms with van der Waals surface area (Å²) < 4.78 is 0. The zero-order chi connectivity index (χ0) is 14.7. The Morgan fingerprint density at radius 2 is 2.15 bits per heavy atom. The number of likely N-dealkylation sites (N-methyl/N-ethyl adjacent to an activating group) is 1. The number of aryl methyl sites for hydroxylation is 2. The van der Waals surface area contributed by atoms with E-state index in [2.05, 4.69) is 36.0 Å². The van der Waals surface area contributed by atoms with Crippen molar-refractivity contribution < 1.29 is 4.79 Å². The topological polar surface area (TPSA) is 54.3 Å². The third-order valence-corrected chi connectivity index (χ3v) is 4.06. The van der Waals surface area contributed by atoms with Gasteiger partial charge in [-0.05, 0) is 13.0 Å². The first-order valence-electron chi connectivity index (χ1n) is 7.30. The van der Waals surface area contributed by atoms with Crippen LogP contribution < -0.4 is 0 Å². The number of amides is 1. The molecule has 2 heterocycles. The molecule has 20 heavy (non-hydrogen) atoms. The van der Waals surface area contributed by atoms with E-state index in [1.54, 1.807) is 13.2 Å². The molecule has 1 aliphatic rings. The molecule has 0 spiro atoms. The Bertz CT molecular complexity index is 456. The van der Waals surface area contributed by atoms with Gasteiger partial charge in [0.25, 0.3) is 0 Å². The van der Waals surface area contributed by atoms with Crippen LogP contribution in [0.5, 0.6) is 0 Å². The van der Waals surface area contributed by atoms with Crippen molar-refractivity contribution in [1.29, 1.82) is 0 Å². The SMILES string of the molecule is CC(C)[C@H]1CN(C(=O)CCc2cnn(C)n2)CCN1C. The molecule has 6 nitrogen and oxygen atoms in total. The summed E-state index contributed by atoms with van der Waals surface area (Å²) in [7, 11) is 3.94. The maximum Gasteiger partial charge on any atom is 0.223 e. The summed E-state index contributed by atoms with van der Waals surface area (Å²) in [6.45, 7) is 7.07. The molecule has 0 aromatic carbocycles. The van der Waals surface area contributed by atoms with Crippen molar-refractivity contribution in [2.45, 2.75) is 32.7 Å². The fourth-order valence-corrected chi connectivity index (χ4v) is 2.74. The van der Waals surface area contributed by atoms with E-state index in [0.717, 1.165) is 25.3 Å². The van der Waals surface area contributed by atoms with E-state index < -0.39 is 0 Å². The lowest BCUT2D eigenvalue weighted by Crippen LogP contribution is -2.55. The summed E-state index contributed by atoms with van der Waals surface area (Å²) >= 11 is 0. The molecule has 0 radical (unpaired) electrons. The highest BCUT2D eigenvalue weighted by molar-refractivity contribution is 5.76. The number of carbonyl (C=O) groups is 1. The number of aromatic nitrogens is 3.